The Morgan fingerprint density at radius 1 is 1.00 bits per heavy atom. The van der Waals surface area contributed by atoms with Crippen molar-refractivity contribution in [2.24, 2.45) is 10.9 Å². The van der Waals surface area contributed by atoms with E-state index in [2.05, 4.69) is 6.58 Å². The van der Waals surface area contributed by atoms with Crippen LogP contribution in [0.2, 0.25) is 0 Å². The van der Waals surface area contributed by atoms with Gasteiger partial charge in [0.25, 0.3) is 0 Å². The highest BCUT2D eigenvalue weighted by Crippen LogP contribution is 2.24. The normalized spacial score (nSPS) is 12.7. The molecule has 0 saturated carbocycles. The molecule has 2 aromatic carbocycles. The molecule has 4 heteroatoms. The van der Waals surface area contributed by atoms with Gasteiger partial charge in [-0.15, -0.1) is 0 Å². The zero-order valence-electron chi connectivity index (χ0n) is 17.8. The van der Waals surface area contributed by atoms with Gasteiger partial charge in [-0.1, -0.05) is 67.2 Å². The van der Waals surface area contributed by atoms with Crippen LogP contribution >= 0.6 is 0 Å². The van der Waals surface area contributed by atoms with Crippen molar-refractivity contribution in [3.05, 3.63) is 95.9 Å². The van der Waals surface area contributed by atoms with Gasteiger partial charge in [-0.05, 0) is 33.8 Å². The van der Waals surface area contributed by atoms with Gasteiger partial charge in [0, 0.05) is 11.1 Å². The van der Waals surface area contributed by atoms with E-state index in [0.29, 0.717) is 11.5 Å². The van der Waals surface area contributed by atoms with Gasteiger partial charge < -0.3 is 9.47 Å². The summed E-state index contributed by atoms with van der Waals surface area (Å²) >= 11 is 0. The third kappa shape index (κ3) is 6.75. The van der Waals surface area contributed by atoms with Crippen molar-refractivity contribution < 1.29 is 14.3 Å². The SMILES string of the molecule is C=C(OC(C)(C)C)/C(=C\C(C)C(=O)OC)N=C(c1ccccc1)c1ccccc1. The van der Waals surface area contributed by atoms with Gasteiger partial charge in [0.1, 0.15) is 17.1 Å². The zero-order chi connectivity index (χ0) is 21.4. The second-order valence-electron chi connectivity index (χ2n) is 7.69. The Hall–Kier alpha value is -3.14. The summed E-state index contributed by atoms with van der Waals surface area (Å²) in [6, 6.07) is 19.8. The van der Waals surface area contributed by atoms with E-state index in [1.807, 2.05) is 81.4 Å². The Bertz CT molecular complexity index is 849. The maximum absolute atomic E-state index is 12.0. The average molecular weight is 392 g/mol. The lowest BCUT2D eigenvalue weighted by atomic mass is 10.0. The molecule has 0 fully saturated rings. The fourth-order valence-electron chi connectivity index (χ4n) is 2.71. The van der Waals surface area contributed by atoms with Gasteiger partial charge in [-0.2, -0.15) is 0 Å². The summed E-state index contributed by atoms with van der Waals surface area (Å²) in [5.74, 6) is -0.438. The first-order valence-corrected chi connectivity index (χ1v) is 9.58. The lowest BCUT2D eigenvalue weighted by molar-refractivity contribution is -0.143. The predicted octanol–water partition coefficient (Wildman–Crippen LogP) is 5.55. The first-order chi connectivity index (χ1) is 13.7. The summed E-state index contributed by atoms with van der Waals surface area (Å²) in [5, 5.41) is 0. The summed E-state index contributed by atoms with van der Waals surface area (Å²) in [4.78, 5) is 16.9. The number of ether oxygens (including phenoxy) is 2. The number of rotatable bonds is 7. The molecule has 0 spiro atoms. The van der Waals surface area contributed by atoms with Gasteiger partial charge in [0.2, 0.25) is 0 Å². The number of hydrogen-bond donors (Lipinski definition) is 0. The molecule has 0 aliphatic heterocycles. The van der Waals surface area contributed by atoms with E-state index in [1.165, 1.54) is 7.11 Å². The van der Waals surface area contributed by atoms with Crippen LogP contribution < -0.4 is 0 Å². The number of hydrogen-bond acceptors (Lipinski definition) is 4. The molecule has 0 N–H and O–H groups in total. The Balaban J connectivity index is 2.61. The van der Waals surface area contributed by atoms with E-state index >= 15 is 0 Å². The largest absolute Gasteiger partial charge is 0.487 e. The van der Waals surface area contributed by atoms with Crippen molar-refractivity contribution in [2.75, 3.05) is 7.11 Å². The molecular formula is C25H29NO3. The molecule has 4 nitrogen and oxygen atoms in total. The third-order valence-electron chi connectivity index (χ3n) is 4.02. The molecule has 0 saturated heterocycles. The standard InChI is InChI=1S/C25H29NO3/c1-18(24(27)28-6)17-22(19(2)29-25(3,4)5)26-23(20-13-9-7-10-14-20)21-15-11-8-12-16-21/h7-18H,2H2,1,3-6H3/b22-17+. The minimum absolute atomic E-state index is 0.345. The second-order valence-corrected chi connectivity index (χ2v) is 7.69. The van der Waals surface area contributed by atoms with E-state index < -0.39 is 11.5 Å². The number of carbonyl (C=O) groups excluding carboxylic acids is 1. The maximum Gasteiger partial charge on any atom is 0.312 e. The van der Waals surface area contributed by atoms with Crippen LogP contribution in [0.25, 0.3) is 0 Å². The fourth-order valence-corrected chi connectivity index (χ4v) is 2.71. The van der Waals surface area contributed by atoms with Crippen molar-refractivity contribution >= 4 is 11.7 Å². The Morgan fingerprint density at radius 3 is 1.90 bits per heavy atom. The fraction of sp³-hybridized carbons (Fsp3) is 0.280. The van der Waals surface area contributed by atoms with Gasteiger partial charge in [-0.25, -0.2) is 4.99 Å². The summed E-state index contributed by atoms with van der Waals surface area (Å²) in [7, 11) is 1.37. The molecule has 1 atom stereocenters. The number of carbonyl (C=O) groups is 1. The van der Waals surface area contributed by atoms with E-state index in [-0.39, 0.29) is 5.97 Å². The predicted molar refractivity (Wildman–Crippen MR) is 118 cm³/mol. The number of benzene rings is 2. The molecule has 0 amide bonds. The molecule has 152 valence electrons. The topological polar surface area (TPSA) is 47.9 Å². The van der Waals surface area contributed by atoms with E-state index in [9.17, 15) is 4.79 Å². The average Bonchev–Trinajstić information content (AvgIpc) is 2.70. The van der Waals surface area contributed by atoms with Gasteiger partial charge in [0.05, 0.1) is 18.7 Å². The van der Waals surface area contributed by atoms with Gasteiger partial charge >= 0.3 is 5.97 Å². The van der Waals surface area contributed by atoms with Crippen LogP contribution in [0.15, 0.2) is 89.8 Å². The van der Waals surface area contributed by atoms with Crippen molar-refractivity contribution in [3.63, 3.8) is 0 Å². The Morgan fingerprint density at radius 2 is 1.48 bits per heavy atom. The van der Waals surface area contributed by atoms with Gasteiger partial charge in [-0.3, -0.25) is 4.79 Å². The molecule has 0 aliphatic carbocycles. The minimum atomic E-state index is -0.494. The molecule has 0 aliphatic rings. The van der Waals surface area contributed by atoms with Crippen LogP contribution in [0.4, 0.5) is 0 Å². The summed E-state index contributed by atoms with van der Waals surface area (Å²) in [6.45, 7) is 11.7. The molecule has 29 heavy (non-hydrogen) atoms. The molecule has 0 bridgehead atoms. The molecule has 1 unspecified atom stereocenters. The smallest absolute Gasteiger partial charge is 0.312 e. The van der Waals surface area contributed by atoms with Crippen LogP contribution in [-0.2, 0) is 14.3 Å². The van der Waals surface area contributed by atoms with E-state index in [1.54, 1.807) is 13.0 Å². The number of esters is 1. The quantitative estimate of drug-likeness (QED) is 0.269. The molecule has 0 heterocycles. The second kappa shape index (κ2) is 9.87. The van der Waals surface area contributed by atoms with Crippen LogP contribution in [0.3, 0.4) is 0 Å². The molecular weight excluding hydrogens is 362 g/mol. The first-order valence-electron chi connectivity index (χ1n) is 9.58. The molecule has 2 aromatic rings. The highest BCUT2D eigenvalue weighted by molar-refractivity contribution is 6.13. The summed E-state index contributed by atoms with van der Waals surface area (Å²) in [6.07, 6.45) is 1.73. The van der Waals surface area contributed by atoms with E-state index in [4.69, 9.17) is 14.5 Å². The van der Waals surface area contributed by atoms with Crippen molar-refractivity contribution in [3.8, 4) is 0 Å². The number of methoxy groups -OCH3 is 1. The van der Waals surface area contributed by atoms with Crippen LogP contribution in [0.5, 0.6) is 0 Å². The lowest BCUT2D eigenvalue weighted by Crippen LogP contribution is -2.20. The zero-order valence-corrected chi connectivity index (χ0v) is 17.8. The summed E-state index contributed by atoms with van der Waals surface area (Å²) in [5.41, 5.74) is 2.74. The minimum Gasteiger partial charge on any atom is -0.487 e. The summed E-state index contributed by atoms with van der Waals surface area (Å²) < 4.78 is 10.8. The highest BCUT2D eigenvalue weighted by Gasteiger charge is 2.19. The monoisotopic (exact) mass is 391 g/mol. The van der Waals surface area contributed by atoms with Crippen LogP contribution in [0.1, 0.15) is 38.8 Å². The van der Waals surface area contributed by atoms with Crippen molar-refractivity contribution in [1.29, 1.82) is 0 Å². The Kier molecular flexibility index (Phi) is 7.54. The highest BCUT2D eigenvalue weighted by atomic mass is 16.5. The van der Waals surface area contributed by atoms with Crippen molar-refractivity contribution in [1.82, 2.24) is 0 Å². The van der Waals surface area contributed by atoms with Crippen molar-refractivity contribution in [2.45, 2.75) is 33.3 Å². The lowest BCUT2D eigenvalue weighted by Gasteiger charge is -2.23. The van der Waals surface area contributed by atoms with Gasteiger partial charge in [0.15, 0.2) is 0 Å². The number of nitrogens with zero attached hydrogens (tertiary/aromatic N) is 1. The molecule has 0 aromatic heterocycles. The maximum atomic E-state index is 12.0. The van der Waals surface area contributed by atoms with E-state index in [0.717, 1.165) is 16.8 Å². The first kappa shape index (κ1) is 22.2. The number of aliphatic imine (C=N–C) groups is 1. The molecule has 2 rings (SSSR count). The van der Waals surface area contributed by atoms with Crippen LogP contribution in [-0.4, -0.2) is 24.4 Å². The third-order valence-corrected chi connectivity index (χ3v) is 4.02. The Labute approximate surface area is 173 Å². The molecule has 0 radical (unpaired) electrons. The van der Waals surface area contributed by atoms with Crippen LogP contribution in [0, 0.1) is 5.92 Å².